The summed E-state index contributed by atoms with van der Waals surface area (Å²) in [5.41, 5.74) is 1.37. The van der Waals surface area contributed by atoms with Gasteiger partial charge in [0.2, 0.25) is 0 Å². The molecule has 0 saturated heterocycles. The minimum atomic E-state index is -0.910. The van der Waals surface area contributed by atoms with Gasteiger partial charge in [0.25, 0.3) is 0 Å². The van der Waals surface area contributed by atoms with E-state index in [0.29, 0.717) is 6.54 Å². The number of aliphatic carboxylic acids is 1. The molecule has 102 valence electrons. The molecule has 2 amide bonds. The van der Waals surface area contributed by atoms with Crippen molar-refractivity contribution in [2.24, 2.45) is 5.41 Å². The van der Waals surface area contributed by atoms with E-state index in [1.165, 1.54) is 12.0 Å². The predicted molar refractivity (Wildman–Crippen MR) is 69.4 cm³/mol. The summed E-state index contributed by atoms with van der Waals surface area (Å²) in [7, 11) is 0. The second-order valence-corrected chi connectivity index (χ2v) is 5.26. The number of hydrogen-bond acceptors (Lipinski definition) is 2. The average Bonchev–Trinajstić information content (AvgIpc) is 2.80. The topological polar surface area (TPSA) is 78.4 Å². The molecule has 1 rings (SSSR count). The van der Waals surface area contributed by atoms with Crippen LogP contribution in [0.2, 0.25) is 0 Å². The summed E-state index contributed by atoms with van der Waals surface area (Å²) in [6.07, 6.45) is 5.63. The monoisotopic (exact) mass is 254 g/mol. The fourth-order valence-corrected chi connectivity index (χ4v) is 2.05. The van der Waals surface area contributed by atoms with Crippen LogP contribution in [0.15, 0.2) is 11.6 Å². The molecule has 0 atom stereocenters. The molecule has 0 spiro atoms. The molecule has 5 nitrogen and oxygen atoms in total. The summed E-state index contributed by atoms with van der Waals surface area (Å²) in [5, 5.41) is 13.8. The molecule has 0 radical (unpaired) electrons. The predicted octanol–water partition coefficient (Wildman–Crippen LogP) is 1.90. The highest BCUT2D eigenvalue weighted by molar-refractivity contribution is 5.75. The van der Waals surface area contributed by atoms with Gasteiger partial charge in [0.1, 0.15) is 0 Å². The number of hydrogen-bond donors (Lipinski definition) is 3. The molecular weight excluding hydrogens is 232 g/mol. The highest BCUT2D eigenvalue weighted by atomic mass is 16.4. The summed E-state index contributed by atoms with van der Waals surface area (Å²) in [6, 6.07) is -0.303. The van der Waals surface area contributed by atoms with Crippen molar-refractivity contribution in [2.45, 2.75) is 39.5 Å². The lowest BCUT2D eigenvalue weighted by molar-refractivity contribution is -0.136. The Bertz CT molecular complexity index is 348. The van der Waals surface area contributed by atoms with Gasteiger partial charge in [0, 0.05) is 18.5 Å². The van der Waals surface area contributed by atoms with E-state index in [1.807, 2.05) is 0 Å². The lowest BCUT2D eigenvalue weighted by Gasteiger charge is -2.27. The van der Waals surface area contributed by atoms with Crippen molar-refractivity contribution in [3.63, 3.8) is 0 Å². The van der Waals surface area contributed by atoms with Gasteiger partial charge in [-0.1, -0.05) is 25.5 Å². The highest BCUT2D eigenvalue weighted by Crippen LogP contribution is 2.33. The number of carbonyl (C=O) groups is 2. The third kappa shape index (κ3) is 4.77. The van der Waals surface area contributed by atoms with Gasteiger partial charge >= 0.3 is 12.0 Å². The van der Waals surface area contributed by atoms with Crippen LogP contribution >= 0.6 is 0 Å². The zero-order valence-corrected chi connectivity index (χ0v) is 11.1. The zero-order valence-electron chi connectivity index (χ0n) is 11.1. The molecule has 0 heterocycles. The molecule has 0 aliphatic heterocycles. The Morgan fingerprint density at radius 1 is 1.39 bits per heavy atom. The lowest BCUT2D eigenvalue weighted by Crippen LogP contribution is -2.41. The van der Waals surface area contributed by atoms with E-state index in [9.17, 15) is 9.59 Å². The van der Waals surface area contributed by atoms with E-state index in [2.05, 4.69) is 30.6 Å². The Kier molecular flexibility index (Phi) is 5.19. The molecule has 0 fully saturated rings. The van der Waals surface area contributed by atoms with Crippen LogP contribution in [0.25, 0.3) is 0 Å². The summed E-state index contributed by atoms with van der Waals surface area (Å²) >= 11 is 0. The quantitative estimate of drug-likeness (QED) is 0.633. The minimum Gasteiger partial charge on any atom is -0.481 e. The molecule has 1 aliphatic rings. The second kappa shape index (κ2) is 6.42. The fraction of sp³-hybridized carbons (Fsp3) is 0.692. The third-order valence-electron chi connectivity index (χ3n) is 3.23. The van der Waals surface area contributed by atoms with Crippen LogP contribution in [-0.2, 0) is 4.79 Å². The Balaban J connectivity index is 2.26. The first-order valence-corrected chi connectivity index (χ1v) is 6.35. The van der Waals surface area contributed by atoms with Crippen LogP contribution in [0.3, 0.4) is 0 Å². The second-order valence-electron chi connectivity index (χ2n) is 5.26. The maximum atomic E-state index is 11.5. The van der Waals surface area contributed by atoms with Gasteiger partial charge in [-0.25, -0.2) is 4.79 Å². The number of carbonyl (C=O) groups excluding carboxylic acids is 1. The smallest absolute Gasteiger partial charge is 0.314 e. The Morgan fingerprint density at radius 3 is 2.67 bits per heavy atom. The van der Waals surface area contributed by atoms with Gasteiger partial charge in [-0.3, -0.25) is 4.79 Å². The Hall–Kier alpha value is -1.52. The number of rotatable bonds is 6. The molecule has 18 heavy (non-hydrogen) atoms. The number of urea groups is 1. The van der Waals surface area contributed by atoms with E-state index in [-0.39, 0.29) is 24.4 Å². The zero-order chi connectivity index (χ0) is 13.6. The fourth-order valence-electron chi connectivity index (χ4n) is 2.05. The molecule has 3 N–H and O–H groups in total. The van der Waals surface area contributed by atoms with E-state index in [4.69, 9.17) is 5.11 Å². The standard InChI is InChI=1S/C13H22N2O3/c1-13(2,10-5-3-4-6-10)9-15-12(18)14-8-7-11(16)17/h5H,3-4,6-9H2,1-2H3,(H,16,17)(H2,14,15,18). The first kappa shape index (κ1) is 14.5. The van der Waals surface area contributed by atoms with Crippen LogP contribution in [0.1, 0.15) is 39.5 Å². The molecule has 0 aromatic rings. The van der Waals surface area contributed by atoms with E-state index in [0.717, 1.165) is 12.8 Å². The van der Waals surface area contributed by atoms with Crippen molar-refractivity contribution in [1.82, 2.24) is 10.6 Å². The molecule has 0 aromatic heterocycles. The van der Waals surface area contributed by atoms with Crippen molar-refractivity contribution < 1.29 is 14.7 Å². The average molecular weight is 254 g/mol. The summed E-state index contributed by atoms with van der Waals surface area (Å²) < 4.78 is 0. The normalized spacial score (nSPS) is 15.1. The van der Waals surface area contributed by atoms with Crippen LogP contribution in [0, 0.1) is 5.41 Å². The largest absolute Gasteiger partial charge is 0.481 e. The van der Waals surface area contributed by atoms with E-state index < -0.39 is 5.97 Å². The summed E-state index contributed by atoms with van der Waals surface area (Å²) in [4.78, 5) is 21.7. The van der Waals surface area contributed by atoms with Gasteiger partial charge in [0.15, 0.2) is 0 Å². The Labute approximate surface area is 108 Å². The number of nitrogens with one attached hydrogen (secondary N) is 2. The molecule has 0 aromatic carbocycles. The van der Waals surface area contributed by atoms with Gasteiger partial charge in [-0.15, -0.1) is 0 Å². The third-order valence-corrected chi connectivity index (χ3v) is 3.23. The van der Waals surface area contributed by atoms with Crippen molar-refractivity contribution in [3.05, 3.63) is 11.6 Å². The molecule has 0 unspecified atom stereocenters. The van der Waals surface area contributed by atoms with E-state index in [1.54, 1.807) is 0 Å². The van der Waals surface area contributed by atoms with Crippen molar-refractivity contribution in [2.75, 3.05) is 13.1 Å². The first-order chi connectivity index (χ1) is 8.42. The number of carboxylic acids is 1. The molecule has 0 bridgehead atoms. The molecule has 5 heteroatoms. The van der Waals surface area contributed by atoms with Crippen molar-refractivity contribution in [3.8, 4) is 0 Å². The van der Waals surface area contributed by atoms with Crippen LogP contribution in [0.4, 0.5) is 4.79 Å². The minimum absolute atomic E-state index is 0.0271. The lowest BCUT2D eigenvalue weighted by atomic mass is 9.83. The maximum Gasteiger partial charge on any atom is 0.314 e. The van der Waals surface area contributed by atoms with Crippen LogP contribution in [0.5, 0.6) is 0 Å². The number of carboxylic acid groups (broad SMARTS) is 1. The van der Waals surface area contributed by atoms with Crippen molar-refractivity contribution in [1.29, 1.82) is 0 Å². The van der Waals surface area contributed by atoms with Gasteiger partial charge in [0.05, 0.1) is 6.42 Å². The highest BCUT2D eigenvalue weighted by Gasteiger charge is 2.25. The van der Waals surface area contributed by atoms with Gasteiger partial charge in [-0.05, 0) is 19.3 Å². The molecule has 1 aliphatic carbocycles. The van der Waals surface area contributed by atoms with E-state index >= 15 is 0 Å². The van der Waals surface area contributed by atoms with Crippen molar-refractivity contribution >= 4 is 12.0 Å². The SMILES string of the molecule is CC(C)(CNC(=O)NCCC(=O)O)C1=CCCC1. The van der Waals surface area contributed by atoms with Crippen LogP contribution in [-0.4, -0.2) is 30.2 Å². The van der Waals surface area contributed by atoms with Gasteiger partial charge in [-0.2, -0.15) is 0 Å². The summed E-state index contributed by atoms with van der Waals surface area (Å²) in [6.45, 7) is 4.95. The van der Waals surface area contributed by atoms with Crippen LogP contribution < -0.4 is 10.6 Å². The Morgan fingerprint density at radius 2 is 2.11 bits per heavy atom. The number of amides is 2. The first-order valence-electron chi connectivity index (χ1n) is 6.35. The molecule has 0 saturated carbocycles. The number of allylic oxidation sites excluding steroid dienone is 1. The molecular formula is C13H22N2O3. The van der Waals surface area contributed by atoms with Gasteiger partial charge < -0.3 is 15.7 Å². The summed E-state index contributed by atoms with van der Waals surface area (Å²) in [5.74, 6) is -0.910. The maximum absolute atomic E-state index is 11.5.